The zero-order valence-electron chi connectivity index (χ0n) is 7.04. The Hall–Kier alpha value is -1.28. The molecule has 3 N–H and O–H groups in total. The van der Waals surface area contributed by atoms with Crippen LogP contribution in [0.5, 0.6) is 0 Å². The number of benzene rings is 1. The molecule has 62 valence electrons. The largest absolute Gasteiger partial charge is 0.372 e. The van der Waals surface area contributed by atoms with Crippen LogP contribution >= 0.6 is 0 Å². The molecule has 1 heterocycles. The monoisotopic (exact) mass is 160 g/mol. The fourth-order valence-electron chi connectivity index (χ4n) is 1.45. The van der Waals surface area contributed by atoms with Crippen molar-refractivity contribution < 1.29 is 0 Å². The Labute approximate surface area is 72.1 Å². The third-order valence-electron chi connectivity index (χ3n) is 2.12. The minimum absolute atomic E-state index is 0.0504. The highest BCUT2D eigenvalue weighted by Gasteiger charge is 2.10. The van der Waals surface area contributed by atoms with E-state index in [0.717, 1.165) is 0 Å². The summed E-state index contributed by atoms with van der Waals surface area (Å²) in [5, 5.41) is 3.05. The van der Waals surface area contributed by atoms with Crippen LogP contribution in [0, 0.1) is 6.92 Å². The van der Waals surface area contributed by atoms with Crippen molar-refractivity contribution in [3.05, 3.63) is 41.1 Å². The lowest BCUT2D eigenvalue weighted by atomic mass is 10.0. The van der Waals surface area contributed by atoms with E-state index in [-0.39, 0.29) is 6.17 Å². The van der Waals surface area contributed by atoms with Crippen molar-refractivity contribution in [2.75, 3.05) is 0 Å². The summed E-state index contributed by atoms with van der Waals surface area (Å²) in [5.41, 5.74) is 9.50. The zero-order valence-corrected chi connectivity index (χ0v) is 7.04. The minimum atomic E-state index is -0.0504. The second kappa shape index (κ2) is 2.64. The molecule has 1 aromatic rings. The molecule has 0 spiro atoms. The van der Waals surface area contributed by atoms with Crippen LogP contribution in [-0.4, -0.2) is 0 Å². The number of nitrogens with one attached hydrogen (secondary N) is 1. The van der Waals surface area contributed by atoms with Gasteiger partial charge in [-0.2, -0.15) is 0 Å². The van der Waals surface area contributed by atoms with Crippen molar-refractivity contribution in [1.82, 2.24) is 5.32 Å². The fraction of sp³-hybridized carbons (Fsp3) is 0.200. The fourth-order valence-corrected chi connectivity index (χ4v) is 1.45. The van der Waals surface area contributed by atoms with E-state index in [4.69, 9.17) is 5.73 Å². The molecule has 0 aliphatic carbocycles. The topological polar surface area (TPSA) is 38.0 Å². The number of hydrogen-bond acceptors (Lipinski definition) is 2. The lowest BCUT2D eigenvalue weighted by molar-refractivity contribution is 0.646. The van der Waals surface area contributed by atoms with E-state index in [9.17, 15) is 0 Å². The molecule has 0 aromatic heterocycles. The van der Waals surface area contributed by atoms with Crippen molar-refractivity contribution in [3.63, 3.8) is 0 Å². The number of aryl methyl sites for hydroxylation is 1. The van der Waals surface area contributed by atoms with Gasteiger partial charge in [-0.3, -0.25) is 0 Å². The Balaban J connectivity index is 2.55. The van der Waals surface area contributed by atoms with Crippen molar-refractivity contribution in [1.29, 1.82) is 0 Å². The van der Waals surface area contributed by atoms with Gasteiger partial charge in [0, 0.05) is 0 Å². The van der Waals surface area contributed by atoms with E-state index in [1.54, 1.807) is 0 Å². The van der Waals surface area contributed by atoms with Gasteiger partial charge >= 0.3 is 0 Å². The quantitative estimate of drug-likeness (QED) is 0.604. The van der Waals surface area contributed by atoms with Gasteiger partial charge in [0.25, 0.3) is 0 Å². The maximum atomic E-state index is 5.83. The molecule has 1 aliphatic rings. The van der Waals surface area contributed by atoms with Crippen LogP contribution in [0.2, 0.25) is 0 Å². The Morgan fingerprint density at radius 3 is 3.08 bits per heavy atom. The first-order valence-electron chi connectivity index (χ1n) is 4.06. The molecule has 2 rings (SSSR count). The van der Waals surface area contributed by atoms with Gasteiger partial charge in [0.1, 0.15) is 6.17 Å². The van der Waals surface area contributed by atoms with Crippen LogP contribution in [0.25, 0.3) is 6.08 Å². The van der Waals surface area contributed by atoms with Gasteiger partial charge in [-0.15, -0.1) is 0 Å². The normalized spacial score (nSPS) is 20.0. The molecule has 0 bridgehead atoms. The first kappa shape index (κ1) is 7.37. The first-order valence-corrected chi connectivity index (χ1v) is 4.06. The Bertz CT molecular complexity index is 329. The van der Waals surface area contributed by atoms with Gasteiger partial charge in [-0.05, 0) is 30.3 Å². The summed E-state index contributed by atoms with van der Waals surface area (Å²) in [6.07, 6.45) is 3.89. The lowest BCUT2D eigenvalue weighted by Gasteiger charge is -2.19. The first-order chi connectivity index (χ1) is 5.77. The molecule has 0 fully saturated rings. The lowest BCUT2D eigenvalue weighted by Crippen LogP contribution is -2.27. The molecule has 0 saturated heterocycles. The van der Waals surface area contributed by atoms with Crippen molar-refractivity contribution in [3.8, 4) is 0 Å². The summed E-state index contributed by atoms with van der Waals surface area (Å²) in [4.78, 5) is 0. The predicted octanol–water partition coefficient (Wildman–Crippen LogP) is 1.53. The van der Waals surface area contributed by atoms with Crippen molar-refractivity contribution >= 4 is 6.08 Å². The highest BCUT2D eigenvalue weighted by molar-refractivity contribution is 5.57. The molecule has 2 heteroatoms. The van der Waals surface area contributed by atoms with Gasteiger partial charge < -0.3 is 11.1 Å². The summed E-state index contributed by atoms with van der Waals surface area (Å²) in [7, 11) is 0. The van der Waals surface area contributed by atoms with Crippen LogP contribution in [-0.2, 0) is 0 Å². The molecule has 1 unspecified atom stereocenters. The van der Waals surface area contributed by atoms with E-state index in [1.165, 1.54) is 16.7 Å². The molecule has 0 radical (unpaired) electrons. The number of hydrogen-bond donors (Lipinski definition) is 2. The summed E-state index contributed by atoms with van der Waals surface area (Å²) in [6, 6.07) is 6.30. The van der Waals surface area contributed by atoms with Gasteiger partial charge in [0.2, 0.25) is 0 Å². The van der Waals surface area contributed by atoms with E-state index in [2.05, 4.69) is 30.4 Å². The summed E-state index contributed by atoms with van der Waals surface area (Å²) in [5.74, 6) is 0. The van der Waals surface area contributed by atoms with E-state index < -0.39 is 0 Å². The second-order valence-corrected chi connectivity index (χ2v) is 3.11. The number of fused-ring (bicyclic) bond motifs is 1. The minimum Gasteiger partial charge on any atom is -0.372 e. The average Bonchev–Trinajstić information content (AvgIpc) is 2.04. The van der Waals surface area contributed by atoms with Crippen molar-refractivity contribution in [2.45, 2.75) is 13.1 Å². The molecule has 1 aliphatic heterocycles. The second-order valence-electron chi connectivity index (χ2n) is 3.11. The Morgan fingerprint density at radius 1 is 1.42 bits per heavy atom. The summed E-state index contributed by atoms with van der Waals surface area (Å²) < 4.78 is 0. The third-order valence-corrected chi connectivity index (χ3v) is 2.12. The van der Waals surface area contributed by atoms with Gasteiger partial charge in [0.15, 0.2) is 0 Å². The van der Waals surface area contributed by atoms with E-state index in [1.807, 2.05) is 12.3 Å². The van der Waals surface area contributed by atoms with Crippen LogP contribution in [0.3, 0.4) is 0 Å². The summed E-state index contributed by atoms with van der Waals surface area (Å²) >= 11 is 0. The average molecular weight is 160 g/mol. The maximum Gasteiger partial charge on any atom is 0.101 e. The third kappa shape index (κ3) is 1.10. The molecule has 0 saturated carbocycles. The van der Waals surface area contributed by atoms with Crippen LogP contribution in [0.15, 0.2) is 24.4 Å². The van der Waals surface area contributed by atoms with Crippen LogP contribution < -0.4 is 11.1 Å². The smallest absolute Gasteiger partial charge is 0.101 e. The zero-order chi connectivity index (χ0) is 8.55. The number of rotatable bonds is 0. The molecule has 12 heavy (non-hydrogen) atoms. The van der Waals surface area contributed by atoms with Gasteiger partial charge in [0.05, 0.1) is 0 Å². The summed E-state index contributed by atoms with van der Waals surface area (Å²) in [6.45, 7) is 2.08. The van der Waals surface area contributed by atoms with Gasteiger partial charge in [-0.1, -0.05) is 23.8 Å². The molecular weight excluding hydrogens is 148 g/mol. The van der Waals surface area contributed by atoms with Gasteiger partial charge in [-0.25, -0.2) is 0 Å². The molecular formula is C10H12N2. The SMILES string of the molecule is Cc1ccc2c(c1)C=CNC2N. The maximum absolute atomic E-state index is 5.83. The van der Waals surface area contributed by atoms with Crippen molar-refractivity contribution in [2.24, 2.45) is 5.73 Å². The van der Waals surface area contributed by atoms with Crippen LogP contribution in [0.4, 0.5) is 0 Å². The predicted molar refractivity (Wildman–Crippen MR) is 50.3 cm³/mol. The Morgan fingerprint density at radius 2 is 2.25 bits per heavy atom. The molecule has 1 atom stereocenters. The van der Waals surface area contributed by atoms with E-state index >= 15 is 0 Å². The standard InChI is InChI=1S/C10H12N2/c1-7-2-3-9-8(6-7)4-5-12-10(9)11/h2-6,10,12H,11H2,1H3. The highest BCUT2D eigenvalue weighted by atomic mass is 15.0. The molecule has 2 nitrogen and oxygen atoms in total. The number of nitrogens with two attached hydrogens (primary N) is 1. The molecule has 0 amide bonds. The highest BCUT2D eigenvalue weighted by Crippen LogP contribution is 2.20. The van der Waals surface area contributed by atoms with E-state index in [0.29, 0.717) is 0 Å². The molecule has 1 aromatic carbocycles. The van der Waals surface area contributed by atoms with Crippen LogP contribution in [0.1, 0.15) is 22.9 Å². The Kier molecular flexibility index (Phi) is 1.62.